The zero-order valence-electron chi connectivity index (χ0n) is 20.6. The van der Waals surface area contributed by atoms with Crippen LogP contribution in [0.5, 0.6) is 5.75 Å². The van der Waals surface area contributed by atoms with Crippen molar-refractivity contribution in [2.24, 2.45) is 0 Å². The molecule has 0 heterocycles. The van der Waals surface area contributed by atoms with Gasteiger partial charge < -0.3 is 14.2 Å². The van der Waals surface area contributed by atoms with E-state index in [0.717, 1.165) is 22.4 Å². The lowest BCUT2D eigenvalue weighted by Gasteiger charge is -2.15. The van der Waals surface area contributed by atoms with Crippen molar-refractivity contribution in [3.63, 3.8) is 0 Å². The summed E-state index contributed by atoms with van der Waals surface area (Å²) in [6.45, 7) is 13.1. The molecule has 3 rings (SSSR count). The predicted molar refractivity (Wildman–Crippen MR) is 138 cm³/mol. The number of rotatable bonds is 11. The van der Waals surface area contributed by atoms with E-state index < -0.39 is 0 Å². The zero-order chi connectivity index (χ0) is 24.5. The molecule has 178 valence electrons. The third-order valence-electron chi connectivity index (χ3n) is 5.60. The van der Waals surface area contributed by atoms with E-state index in [1.165, 1.54) is 22.3 Å². The van der Waals surface area contributed by atoms with Gasteiger partial charge in [-0.2, -0.15) is 0 Å². The van der Waals surface area contributed by atoms with Gasteiger partial charge in [-0.15, -0.1) is 0 Å². The first-order chi connectivity index (χ1) is 16.4. The molecule has 0 N–H and O–H groups in total. The van der Waals surface area contributed by atoms with Gasteiger partial charge in [0.15, 0.2) is 0 Å². The zero-order valence-corrected chi connectivity index (χ0v) is 20.6. The molecule has 34 heavy (non-hydrogen) atoms. The van der Waals surface area contributed by atoms with Crippen molar-refractivity contribution in [3.8, 4) is 28.0 Å². The van der Waals surface area contributed by atoms with Gasteiger partial charge in [0.1, 0.15) is 18.1 Å². The van der Waals surface area contributed by atoms with Crippen molar-refractivity contribution in [1.29, 1.82) is 0 Å². The van der Waals surface area contributed by atoms with Crippen LogP contribution in [0.3, 0.4) is 0 Å². The number of carbonyl (C=O) groups is 1. The summed E-state index contributed by atoms with van der Waals surface area (Å²) in [6.07, 6.45) is 0.882. The van der Waals surface area contributed by atoms with Crippen LogP contribution in [-0.2, 0) is 20.7 Å². The summed E-state index contributed by atoms with van der Waals surface area (Å²) in [4.78, 5) is 12.0. The standard InChI is InChI=1S/C30H34O4/c1-6-32-23(5)20-34-27-13-15-29(26(19-27)12-16-30(31)33-7-2)25-11-14-28(22(4)18-25)24-10-8-9-21(3)17-24/h8-11,13-15,17-19H,5-7,12,16,20H2,1-4H3. The van der Waals surface area contributed by atoms with Gasteiger partial charge in [-0.3, -0.25) is 4.79 Å². The summed E-state index contributed by atoms with van der Waals surface area (Å²) in [5.74, 6) is 1.11. The number of ether oxygens (including phenoxy) is 3. The minimum atomic E-state index is -0.199. The number of carbonyl (C=O) groups excluding carboxylic acids is 1. The lowest BCUT2D eigenvalue weighted by atomic mass is 9.92. The summed E-state index contributed by atoms with van der Waals surface area (Å²) >= 11 is 0. The highest BCUT2D eigenvalue weighted by Crippen LogP contribution is 2.33. The summed E-state index contributed by atoms with van der Waals surface area (Å²) in [5, 5.41) is 0. The molecule has 0 aliphatic heterocycles. The maximum atomic E-state index is 12.0. The van der Waals surface area contributed by atoms with Crippen LogP contribution in [0, 0.1) is 13.8 Å². The first-order valence-corrected chi connectivity index (χ1v) is 11.8. The van der Waals surface area contributed by atoms with E-state index in [9.17, 15) is 4.79 Å². The summed E-state index contributed by atoms with van der Waals surface area (Å²) < 4.78 is 16.4. The van der Waals surface area contributed by atoms with Gasteiger partial charge >= 0.3 is 5.97 Å². The van der Waals surface area contributed by atoms with Gasteiger partial charge in [0, 0.05) is 6.42 Å². The average molecular weight is 459 g/mol. The molecule has 0 aliphatic carbocycles. The van der Waals surface area contributed by atoms with E-state index in [2.05, 4.69) is 69.0 Å². The maximum Gasteiger partial charge on any atom is 0.306 e. The second-order valence-corrected chi connectivity index (χ2v) is 8.28. The minimum Gasteiger partial charge on any atom is -0.495 e. The highest BCUT2D eigenvalue weighted by molar-refractivity contribution is 5.76. The second kappa shape index (κ2) is 12.1. The van der Waals surface area contributed by atoms with E-state index >= 15 is 0 Å². The molecule has 0 unspecified atom stereocenters. The van der Waals surface area contributed by atoms with E-state index in [-0.39, 0.29) is 12.6 Å². The molecule has 0 saturated carbocycles. The summed E-state index contributed by atoms with van der Waals surface area (Å²) in [6, 6.07) is 21.1. The van der Waals surface area contributed by atoms with Crippen molar-refractivity contribution in [2.75, 3.05) is 19.8 Å². The van der Waals surface area contributed by atoms with Crippen LogP contribution >= 0.6 is 0 Å². The molecule has 0 saturated heterocycles. The van der Waals surface area contributed by atoms with E-state index in [4.69, 9.17) is 14.2 Å². The molecular formula is C30H34O4. The van der Waals surface area contributed by atoms with E-state index in [0.29, 0.717) is 31.8 Å². The van der Waals surface area contributed by atoms with Gasteiger partial charge in [-0.1, -0.05) is 60.7 Å². The number of aryl methyl sites for hydroxylation is 3. The van der Waals surface area contributed by atoms with Crippen LogP contribution in [-0.4, -0.2) is 25.8 Å². The molecule has 0 spiro atoms. The van der Waals surface area contributed by atoms with Gasteiger partial charge in [-0.25, -0.2) is 0 Å². The Hall–Kier alpha value is -3.53. The van der Waals surface area contributed by atoms with E-state index in [1.807, 2.05) is 26.0 Å². The lowest BCUT2D eigenvalue weighted by Crippen LogP contribution is -2.07. The first-order valence-electron chi connectivity index (χ1n) is 11.8. The number of benzene rings is 3. The summed E-state index contributed by atoms with van der Waals surface area (Å²) in [5.41, 5.74) is 8.10. The normalized spacial score (nSPS) is 10.6. The number of hydrogen-bond donors (Lipinski definition) is 0. The molecular weight excluding hydrogens is 424 g/mol. The topological polar surface area (TPSA) is 44.8 Å². The monoisotopic (exact) mass is 458 g/mol. The second-order valence-electron chi connectivity index (χ2n) is 8.28. The highest BCUT2D eigenvalue weighted by Gasteiger charge is 2.12. The Balaban J connectivity index is 1.91. The smallest absolute Gasteiger partial charge is 0.306 e. The number of esters is 1. The van der Waals surface area contributed by atoms with Crippen molar-refractivity contribution >= 4 is 5.97 Å². The first kappa shape index (κ1) is 25.1. The highest BCUT2D eigenvalue weighted by atomic mass is 16.5. The van der Waals surface area contributed by atoms with Gasteiger partial charge in [-0.05, 0) is 79.6 Å². The molecule has 4 nitrogen and oxygen atoms in total. The molecule has 0 radical (unpaired) electrons. The Morgan fingerprint density at radius 2 is 1.59 bits per heavy atom. The Kier molecular flexibility index (Phi) is 8.92. The van der Waals surface area contributed by atoms with Crippen molar-refractivity contribution in [1.82, 2.24) is 0 Å². The van der Waals surface area contributed by atoms with Gasteiger partial charge in [0.2, 0.25) is 0 Å². The van der Waals surface area contributed by atoms with Gasteiger partial charge in [0.25, 0.3) is 0 Å². The van der Waals surface area contributed by atoms with Crippen LogP contribution in [0.4, 0.5) is 0 Å². The molecule has 0 aliphatic rings. The fourth-order valence-corrected chi connectivity index (χ4v) is 4.00. The molecule has 0 atom stereocenters. The molecule has 0 amide bonds. The van der Waals surface area contributed by atoms with Crippen LogP contribution in [0.25, 0.3) is 22.3 Å². The van der Waals surface area contributed by atoms with Crippen molar-refractivity contribution in [2.45, 2.75) is 40.5 Å². The maximum absolute atomic E-state index is 12.0. The Labute approximate surface area is 203 Å². The van der Waals surface area contributed by atoms with Crippen molar-refractivity contribution < 1.29 is 19.0 Å². The fraction of sp³-hybridized carbons (Fsp3) is 0.300. The van der Waals surface area contributed by atoms with Crippen LogP contribution in [0.15, 0.2) is 73.0 Å². The molecule has 0 fully saturated rings. The average Bonchev–Trinajstić information content (AvgIpc) is 2.82. The van der Waals surface area contributed by atoms with E-state index in [1.54, 1.807) is 0 Å². The molecule has 0 bridgehead atoms. The SMILES string of the molecule is C=C(COc1ccc(-c2ccc(-c3cccc(C)c3)c(C)c2)c(CCC(=O)OCC)c1)OCC. The third-order valence-corrected chi connectivity index (χ3v) is 5.60. The van der Waals surface area contributed by atoms with Crippen LogP contribution in [0.1, 0.15) is 37.0 Å². The molecule has 3 aromatic rings. The van der Waals surface area contributed by atoms with Gasteiger partial charge in [0.05, 0.1) is 13.2 Å². The minimum absolute atomic E-state index is 0.199. The molecule has 4 heteroatoms. The Morgan fingerprint density at radius 3 is 2.29 bits per heavy atom. The number of hydrogen-bond acceptors (Lipinski definition) is 4. The lowest BCUT2D eigenvalue weighted by molar-refractivity contribution is -0.143. The van der Waals surface area contributed by atoms with Crippen LogP contribution < -0.4 is 4.74 Å². The largest absolute Gasteiger partial charge is 0.495 e. The Morgan fingerprint density at radius 1 is 0.853 bits per heavy atom. The molecule has 0 aromatic heterocycles. The molecule has 3 aromatic carbocycles. The third kappa shape index (κ3) is 6.74. The Bertz CT molecular complexity index is 1150. The predicted octanol–water partition coefficient (Wildman–Crippen LogP) is 7.06. The summed E-state index contributed by atoms with van der Waals surface area (Å²) in [7, 11) is 0. The van der Waals surface area contributed by atoms with Crippen LogP contribution in [0.2, 0.25) is 0 Å². The quantitative estimate of drug-likeness (QED) is 0.228. The van der Waals surface area contributed by atoms with Crippen molar-refractivity contribution in [3.05, 3.63) is 89.7 Å². The fourth-order valence-electron chi connectivity index (χ4n) is 4.00.